The molecule has 0 bridgehead atoms. The molecule has 7 nitrogen and oxygen atoms in total. The normalized spacial score (nSPS) is 11.9. The molecule has 8 heteroatoms. The number of hydrogen-bond donors (Lipinski definition) is 0. The molecule has 0 aliphatic rings. The molecule has 28 heavy (non-hydrogen) atoms. The van der Waals surface area contributed by atoms with E-state index in [1.165, 1.54) is 14.0 Å². The van der Waals surface area contributed by atoms with Gasteiger partial charge in [-0.15, -0.1) is 0 Å². The van der Waals surface area contributed by atoms with Crippen molar-refractivity contribution in [2.75, 3.05) is 7.11 Å². The minimum atomic E-state index is -0.512. The lowest BCUT2D eigenvalue weighted by atomic mass is 10.2. The van der Waals surface area contributed by atoms with Crippen LogP contribution in [0.2, 0.25) is 0 Å². The van der Waals surface area contributed by atoms with Crippen molar-refractivity contribution in [3.05, 3.63) is 73.3 Å². The van der Waals surface area contributed by atoms with Crippen LogP contribution in [0.25, 0.3) is 21.9 Å². The van der Waals surface area contributed by atoms with Crippen LogP contribution in [0.15, 0.2) is 52.1 Å². The van der Waals surface area contributed by atoms with Gasteiger partial charge < -0.3 is 9.47 Å². The molecular formula is C20H14N2O5S. The number of thiazole rings is 1. The Balaban J connectivity index is 2.02. The summed E-state index contributed by atoms with van der Waals surface area (Å²) in [6, 6.07) is 11.9. The van der Waals surface area contributed by atoms with Gasteiger partial charge in [-0.3, -0.25) is 14.4 Å². The molecule has 0 saturated carbocycles. The van der Waals surface area contributed by atoms with Crippen LogP contribution in [0, 0.1) is 0 Å². The highest BCUT2D eigenvalue weighted by Crippen LogP contribution is 2.31. The molecule has 4 aromatic rings. The van der Waals surface area contributed by atoms with E-state index in [-0.39, 0.29) is 5.75 Å². The van der Waals surface area contributed by atoms with Crippen LogP contribution in [0.4, 0.5) is 0 Å². The molecule has 0 saturated heterocycles. The molecule has 0 N–H and O–H groups in total. The molecule has 0 spiro atoms. The number of rotatable bonds is 3. The molecule has 0 atom stereocenters. The smallest absolute Gasteiger partial charge is 0.308 e. The highest BCUT2D eigenvalue weighted by Gasteiger charge is 2.14. The van der Waals surface area contributed by atoms with Crippen LogP contribution < -0.4 is 25.1 Å². The van der Waals surface area contributed by atoms with Crippen LogP contribution in [-0.2, 0) is 4.79 Å². The summed E-state index contributed by atoms with van der Waals surface area (Å²) in [5.74, 6) is 0.0559. The summed E-state index contributed by atoms with van der Waals surface area (Å²) in [5.41, 5.74) is 0.130. The Morgan fingerprint density at radius 3 is 2.64 bits per heavy atom. The van der Waals surface area contributed by atoms with Gasteiger partial charge in [0.2, 0.25) is 4.96 Å². The van der Waals surface area contributed by atoms with E-state index < -0.39 is 17.1 Å². The topological polar surface area (TPSA) is 87.0 Å². The van der Waals surface area contributed by atoms with E-state index in [2.05, 4.69) is 4.98 Å². The SMILES string of the molecule is COc1cccc(/C=c2/sc3nc4ccccc4c(=O)n3c2=O)c1OC(C)=O. The van der Waals surface area contributed by atoms with Gasteiger partial charge in [0.25, 0.3) is 11.1 Å². The van der Waals surface area contributed by atoms with Crippen LogP contribution in [-0.4, -0.2) is 22.5 Å². The summed E-state index contributed by atoms with van der Waals surface area (Å²) in [6.45, 7) is 1.28. The van der Waals surface area contributed by atoms with Crippen molar-refractivity contribution in [2.24, 2.45) is 0 Å². The van der Waals surface area contributed by atoms with E-state index in [0.717, 1.165) is 15.7 Å². The average molecular weight is 394 g/mol. The minimum absolute atomic E-state index is 0.208. The highest BCUT2D eigenvalue weighted by molar-refractivity contribution is 7.15. The van der Waals surface area contributed by atoms with Gasteiger partial charge in [-0.1, -0.05) is 35.6 Å². The Kier molecular flexibility index (Phi) is 4.40. The predicted molar refractivity (Wildman–Crippen MR) is 106 cm³/mol. The summed E-state index contributed by atoms with van der Waals surface area (Å²) < 4.78 is 11.9. The third kappa shape index (κ3) is 2.93. The average Bonchev–Trinajstić information content (AvgIpc) is 2.98. The second kappa shape index (κ2) is 6.90. The zero-order valence-electron chi connectivity index (χ0n) is 15.0. The summed E-state index contributed by atoms with van der Waals surface area (Å²) in [5, 5.41) is 0.378. The minimum Gasteiger partial charge on any atom is -0.493 e. The van der Waals surface area contributed by atoms with Crippen LogP contribution >= 0.6 is 11.3 Å². The molecule has 0 aliphatic heterocycles. The van der Waals surface area contributed by atoms with Crippen LogP contribution in [0.1, 0.15) is 12.5 Å². The van der Waals surface area contributed by atoms with Gasteiger partial charge in [-0.2, -0.15) is 0 Å². The summed E-state index contributed by atoms with van der Waals surface area (Å²) >= 11 is 1.09. The Morgan fingerprint density at radius 2 is 1.89 bits per heavy atom. The number of hydrogen-bond acceptors (Lipinski definition) is 7. The number of ether oxygens (including phenoxy) is 2. The molecule has 4 rings (SSSR count). The molecule has 0 fully saturated rings. The number of methoxy groups -OCH3 is 1. The first-order valence-electron chi connectivity index (χ1n) is 8.31. The Hall–Kier alpha value is -3.52. The molecule has 0 radical (unpaired) electrons. The first kappa shape index (κ1) is 17.9. The van der Waals surface area contributed by atoms with Gasteiger partial charge in [0.1, 0.15) is 0 Å². The number of nitrogens with zero attached hydrogens (tertiary/aromatic N) is 2. The number of aromatic nitrogens is 2. The zero-order chi connectivity index (χ0) is 19.8. The number of esters is 1. The van der Waals surface area contributed by atoms with Gasteiger partial charge in [0.05, 0.1) is 22.5 Å². The number of carbonyl (C=O) groups excluding carboxylic acids is 1. The number of carbonyl (C=O) groups is 1. The van der Waals surface area contributed by atoms with Crippen molar-refractivity contribution in [2.45, 2.75) is 6.92 Å². The fourth-order valence-corrected chi connectivity index (χ4v) is 3.87. The van der Waals surface area contributed by atoms with Crippen molar-refractivity contribution in [3.63, 3.8) is 0 Å². The van der Waals surface area contributed by atoms with Crippen molar-refractivity contribution in [1.29, 1.82) is 0 Å². The van der Waals surface area contributed by atoms with Gasteiger partial charge in [-0.05, 0) is 24.3 Å². The van der Waals surface area contributed by atoms with E-state index in [1.807, 2.05) is 0 Å². The molecule has 0 amide bonds. The quantitative estimate of drug-likeness (QED) is 0.389. The van der Waals surface area contributed by atoms with Gasteiger partial charge in [0, 0.05) is 12.5 Å². The van der Waals surface area contributed by atoms with E-state index in [0.29, 0.717) is 31.7 Å². The van der Waals surface area contributed by atoms with Gasteiger partial charge in [-0.25, -0.2) is 9.38 Å². The molecule has 2 heterocycles. The fraction of sp³-hybridized carbons (Fsp3) is 0.100. The van der Waals surface area contributed by atoms with E-state index in [1.54, 1.807) is 48.5 Å². The van der Waals surface area contributed by atoms with Crippen molar-refractivity contribution >= 4 is 39.2 Å². The molecular weight excluding hydrogens is 380 g/mol. The lowest BCUT2D eigenvalue weighted by Gasteiger charge is -2.10. The summed E-state index contributed by atoms with van der Waals surface area (Å²) in [4.78, 5) is 41.7. The summed E-state index contributed by atoms with van der Waals surface area (Å²) in [6.07, 6.45) is 1.56. The lowest BCUT2D eigenvalue weighted by molar-refractivity contribution is -0.132. The Labute approximate surface area is 162 Å². The maximum Gasteiger partial charge on any atom is 0.308 e. The number of fused-ring (bicyclic) bond motifs is 2. The van der Waals surface area contributed by atoms with Crippen molar-refractivity contribution in [3.8, 4) is 11.5 Å². The zero-order valence-corrected chi connectivity index (χ0v) is 15.8. The van der Waals surface area contributed by atoms with Crippen LogP contribution in [0.5, 0.6) is 11.5 Å². The third-order valence-electron chi connectivity index (χ3n) is 4.12. The Bertz CT molecular complexity index is 1400. The van der Waals surface area contributed by atoms with E-state index in [4.69, 9.17) is 9.47 Å². The monoisotopic (exact) mass is 394 g/mol. The number of benzene rings is 2. The lowest BCUT2D eigenvalue weighted by Crippen LogP contribution is -2.31. The molecule has 2 aromatic carbocycles. The van der Waals surface area contributed by atoms with Crippen molar-refractivity contribution < 1.29 is 14.3 Å². The predicted octanol–water partition coefficient (Wildman–Crippen LogP) is 1.75. The first-order chi connectivity index (χ1) is 13.5. The first-order valence-corrected chi connectivity index (χ1v) is 9.12. The van der Waals surface area contributed by atoms with Gasteiger partial charge >= 0.3 is 5.97 Å². The van der Waals surface area contributed by atoms with Gasteiger partial charge in [0.15, 0.2) is 11.5 Å². The molecule has 0 unspecified atom stereocenters. The van der Waals surface area contributed by atoms with Crippen molar-refractivity contribution in [1.82, 2.24) is 9.38 Å². The highest BCUT2D eigenvalue weighted by atomic mass is 32.1. The largest absolute Gasteiger partial charge is 0.493 e. The third-order valence-corrected chi connectivity index (χ3v) is 5.09. The fourth-order valence-electron chi connectivity index (χ4n) is 2.90. The standard InChI is InChI=1S/C20H14N2O5S/c1-11(23)27-17-12(6-5-9-15(17)26-2)10-16-19(25)22-18(24)13-7-3-4-8-14(13)21-20(22)28-16/h3-10H,1-2H3/b16-10+. The molecule has 0 aliphatic carbocycles. The molecule has 140 valence electrons. The summed E-state index contributed by atoms with van der Waals surface area (Å²) in [7, 11) is 1.46. The molecule has 2 aromatic heterocycles. The van der Waals surface area contributed by atoms with E-state index in [9.17, 15) is 14.4 Å². The van der Waals surface area contributed by atoms with E-state index >= 15 is 0 Å². The second-order valence-corrected chi connectivity index (χ2v) is 6.95. The maximum absolute atomic E-state index is 12.8. The van der Waals surface area contributed by atoms with Crippen LogP contribution in [0.3, 0.4) is 0 Å². The maximum atomic E-state index is 12.8. The Morgan fingerprint density at radius 1 is 1.11 bits per heavy atom. The second-order valence-electron chi connectivity index (χ2n) is 5.94. The number of para-hydroxylation sites is 2.